The lowest BCUT2D eigenvalue weighted by molar-refractivity contribution is -0.137. The molecule has 0 aliphatic carbocycles. The van der Waals surface area contributed by atoms with E-state index < -0.39 is 5.97 Å². The van der Waals surface area contributed by atoms with Crippen LogP contribution in [0.4, 0.5) is 5.13 Å². The van der Waals surface area contributed by atoms with Crippen LogP contribution in [0, 0.1) is 6.92 Å². The van der Waals surface area contributed by atoms with E-state index in [1.54, 1.807) is 0 Å². The van der Waals surface area contributed by atoms with E-state index in [2.05, 4.69) is 14.7 Å². The van der Waals surface area contributed by atoms with Gasteiger partial charge in [-0.15, -0.1) is 0 Å². The third kappa shape index (κ3) is 3.84. The fraction of sp³-hybridized carbons (Fsp3) is 0.571. The molecule has 0 saturated carbocycles. The molecule has 2 N–H and O–H groups in total. The van der Waals surface area contributed by atoms with Crippen molar-refractivity contribution in [1.29, 1.82) is 0 Å². The maximum absolute atomic E-state index is 10.2. The first-order valence-corrected chi connectivity index (χ1v) is 4.72. The normalized spacial score (nSPS) is 9.92. The summed E-state index contributed by atoms with van der Waals surface area (Å²) < 4.78 is 3.98. The Morgan fingerprint density at radius 2 is 2.46 bits per heavy atom. The van der Waals surface area contributed by atoms with E-state index in [-0.39, 0.29) is 6.42 Å². The summed E-state index contributed by atoms with van der Waals surface area (Å²) in [6.45, 7) is 2.44. The van der Waals surface area contributed by atoms with Gasteiger partial charge < -0.3 is 10.4 Å². The summed E-state index contributed by atoms with van der Waals surface area (Å²) in [6.07, 6.45) is 0.790. The Labute approximate surface area is 80.0 Å². The molecule has 1 heterocycles. The van der Waals surface area contributed by atoms with Crippen LogP contribution in [-0.2, 0) is 4.79 Å². The van der Waals surface area contributed by atoms with Gasteiger partial charge in [-0.2, -0.15) is 4.37 Å². The van der Waals surface area contributed by atoms with Gasteiger partial charge in [-0.1, -0.05) is 0 Å². The molecule has 72 valence electrons. The molecule has 0 fully saturated rings. The van der Waals surface area contributed by atoms with Crippen molar-refractivity contribution < 1.29 is 9.90 Å². The van der Waals surface area contributed by atoms with E-state index in [9.17, 15) is 4.79 Å². The second-order valence-corrected chi connectivity index (χ2v) is 3.32. The quantitative estimate of drug-likeness (QED) is 0.698. The Hall–Kier alpha value is -1.17. The molecule has 0 amide bonds. The van der Waals surface area contributed by atoms with Crippen molar-refractivity contribution in [2.75, 3.05) is 11.9 Å². The van der Waals surface area contributed by atoms with Crippen LogP contribution in [0.5, 0.6) is 0 Å². The van der Waals surface area contributed by atoms with Crippen LogP contribution in [0.3, 0.4) is 0 Å². The van der Waals surface area contributed by atoms with E-state index in [1.807, 2.05) is 6.92 Å². The minimum Gasteiger partial charge on any atom is -0.481 e. The molecule has 1 aromatic heterocycles. The molecule has 0 aromatic carbocycles. The van der Waals surface area contributed by atoms with Crippen LogP contribution in [0.25, 0.3) is 0 Å². The Morgan fingerprint density at radius 3 is 3.00 bits per heavy atom. The third-order valence-electron chi connectivity index (χ3n) is 1.37. The van der Waals surface area contributed by atoms with Gasteiger partial charge >= 0.3 is 5.97 Å². The number of nitrogens with zero attached hydrogens (tertiary/aromatic N) is 2. The van der Waals surface area contributed by atoms with E-state index in [0.29, 0.717) is 13.0 Å². The number of carbonyl (C=O) groups is 1. The number of hydrogen-bond acceptors (Lipinski definition) is 5. The van der Waals surface area contributed by atoms with E-state index in [0.717, 1.165) is 11.0 Å². The van der Waals surface area contributed by atoms with E-state index in [1.165, 1.54) is 11.5 Å². The largest absolute Gasteiger partial charge is 0.481 e. The van der Waals surface area contributed by atoms with Gasteiger partial charge in [0.15, 0.2) is 0 Å². The highest BCUT2D eigenvalue weighted by molar-refractivity contribution is 7.09. The van der Waals surface area contributed by atoms with Crippen LogP contribution in [0.1, 0.15) is 18.7 Å². The molecule has 1 rings (SSSR count). The van der Waals surface area contributed by atoms with Crippen molar-refractivity contribution >= 4 is 22.6 Å². The van der Waals surface area contributed by atoms with Crippen LogP contribution in [0.2, 0.25) is 0 Å². The van der Waals surface area contributed by atoms with Crippen molar-refractivity contribution in [2.24, 2.45) is 0 Å². The van der Waals surface area contributed by atoms with Gasteiger partial charge in [0, 0.05) is 24.5 Å². The molecule has 5 nitrogen and oxygen atoms in total. The molecule has 0 aliphatic rings. The maximum atomic E-state index is 10.2. The lowest BCUT2D eigenvalue weighted by Crippen LogP contribution is -2.04. The zero-order valence-electron chi connectivity index (χ0n) is 7.28. The summed E-state index contributed by atoms with van der Waals surface area (Å²) in [5.41, 5.74) is 0. The van der Waals surface area contributed by atoms with Gasteiger partial charge in [-0.25, -0.2) is 4.98 Å². The molecule has 1 aromatic rings. The smallest absolute Gasteiger partial charge is 0.303 e. The Morgan fingerprint density at radius 1 is 1.69 bits per heavy atom. The lowest BCUT2D eigenvalue weighted by Gasteiger charge is -1.98. The van der Waals surface area contributed by atoms with Crippen molar-refractivity contribution in [3.8, 4) is 0 Å². The van der Waals surface area contributed by atoms with Crippen LogP contribution >= 0.6 is 11.5 Å². The minimum atomic E-state index is -0.768. The van der Waals surface area contributed by atoms with E-state index in [4.69, 9.17) is 5.11 Å². The monoisotopic (exact) mass is 201 g/mol. The standard InChI is InChI=1S/C7H11N3O2S/c1-5-9-7(13-10-5)8-4-2-3-6(11)12/h2-4H2,1H3,(H,11,12)(H,8,9,10). The molecule has 0 bridgehead atoms. The lowest BCUT2D eigenvalue weighted by atomic mass is 10.3. The number of carboxylic acid groups (broad SMARTS) is 1. The average Bonchev–Trinajstić information content (AvgIpc) is 2.45. The number of aryl methyl sites for hydroxylation is 1. The number of rotatable bonds is 5. The first-order valence-electron chi connectivity index (χ1n) is 3.94. The van der Waals surface area contributed by atoms with Gasteiger partial charge in [0.1, 0.15) is 5.82 Å². The predicted octanol–water partition coefficient (Wildman–Crippen LogP) is 1.12. The average molecular weight is 201 g/mol. The van der Waals surface area contributed by atoms with E-state index >= 15 is 0 Å². The first-order chi connectivity index (χ1) is 6.18. The highest BCUT2D eigenvalue weighted by atomic mass is 32.1. The molecular formula is C7H11N3O2S. The molecule has 0 radical (unpaired) electrons. The summed E-state index contributed by atoms with van der Waals surface area (Å²) in [4.78, 5) is 14.2. The number of aliphatic carboxylic acids is 1. The molecule has 0 unspecified atom stereocenters. The molecule has 6 heteroatoms. The van der Waals surface area contributed by atoms with Crippen LogP contribution < -0.4 is 5.32 Å². The molecular weight excluding hydrogens is 190 g/mol. The topological polar surface area (TPSA) is 75.1 Å². The van der Waals surface area contributed by atoms with Gasteiger partial charge in [0.05, 0.1) is 0 Å². The molecule has 0 spiro atoms. The number of hydrogen-bond donors (Lipinski definition) is 2. The van der Waals surface area contributed by atoms with Crippen molar-refractivity contribution in [3.63, 3.8) is 0 Å². The van der Waals surface area contributed by atoms with Gasteiger partial charge in [-0.3, -0.25) is 4.79 Å². The Balaban J connectivity index is 2.16. The molecule has 0 aliphatic heterocycles. The summed E-state index contributed by atoms with van der Waals surface area (Å²) in [5, 5.41) is 12.1. The highest BCUT2D eigenvalue weighted by Crippen LogP contribution is 2.09. The third-order valence-corrected chi connectivity index (χ3v) is 2.14. The fourth-order valence-corrected chi connectivity index (χ4v) is 1.40. The SMILES string of the molecule is Cc1nsc(NCCCC(=O)O)n1. The van der Waals surface area contributed by atoms with Crippen molar-refractivity contribution in [2.45, 2.75) is 19.8 Å². The van der Waals surface area contributed by atoms with Crippen molar-refractivity contribution in [3.05, 3.63) is 5.82 Å². The second-order valence-electron chi connectivity index (χ2n) is 2.57. The summed E-state index contributed by atoms with van der Waals surface area (Å²) in [6, 6.07) is 0. The van der Waals surface area contributed by atoms with Crippen molar-refractivity contribution in [1.82, 2.24) is 9.36 Å². The second kappa shape index (κ2) is 4.76. The van der Waals surface area contributed by atoms with Crippen LogP contribution in [-0.4, -0.2) is 27.0 Å². The molecule has 13 heavy (non-hydrogen) atoms. The number of carboxylic acids is 1. The summed E-state index contributed by atoms with van der Waals surface area (Å²) in [5.74, 6) is -0.0269. The maximum Gasteiger partial charge on any atom is 0.303 e. The van der Waals surface area contributed by atoms with Gasteiger partial charge in [0.25, 0.3) is 0 Å². The number of aromatic nitrogens is 2. The Kier molecular flexibility index (Phi) is 3.63. The van der Waals surface area contributed by atoms with Gasteiger partial charge in [-0.05, 0) is 13.3 Å². The summed E-state index contributed by atoms with van der Waals surface area (Å²) in [7, 11) is 0. The zero-order chi connectivity index (χ0) is 9.68. The highest BCUT2D eigenvalue weighted by Gasteiger charge is 1.99. The first kappa shape index (κ1) is 9.91. The molecule has 0 atom stereocenters. The predicted molar refractivity (Wildman–Crippen MR) is 50.0 cm³/mol. The minimum absolute atomic E-state index is 0.185. The Bertz CT molecular complexity index is 287. The number of anilines is 1. The fourth-order valence-electron chi connectivity index (χ4n) is 0.804. The molecule has 0 saturated heterocycles. The summed E-state index contributed by atoms with van der Waals surface area (Å²) >= 11 is 1.29. The zero-order valence-corrected chi connectivity index (χ0v) is 8.10. The number of nitrogens with one attached hydrogen (secondary N) is 1. The van der Waals surface area contributed by atoms with Crippen LogP contribution in [0.15, 0.2) is 0 Å². The van der Waals surface area contributed by atoms with Gasteiger partial charge in [0.2, 0.25) is 5.13 Å².